The number of aromatic nitrogens is 1. The largest absolute Gasteiger partial charge is 0.497 e. The van der Waals surface area contributed by atoms with Gasteiger partial charge in [0.1, 0.15) is 15.7 Å². The zero-order chi connectivity index (χ0) is 21.0. The van der Waals surface area contributed by atoms with Crippen molar-refractivity contribution < 1.29 is 31.9 Å². The van der Waals surface area contributed by atoms with E-state index in [2.05, 4.69) is 9.88 Å². The molecule has 29 heavy (non-hydrogen) atoms. The molecule has 0 saturated carbocycles. The molecule has 154 valence electrons. The molecule has 0 aliphatic rings. The van der Waals surface area contributed by atoms with Crippen LogP contribution in [0.2, 0.25) is 0 Å². The fraction of sp³-hybridized carbons (Fsp3) is 0.222. The third kappa shape index (κ3) is 4.69. The van der Waals surface area contributed by atoms with E-state index in [9.17, 15) is 13.2 Å². The van der Waals surface area contributed by atoms with E-state index in [4.69, 9.17) is 18.7 Å². The smallest absolute Gasteiger partial charge is 0.360 e. The van der Waals surface area contributed by atoms with Gasteiger partial charge in [0.05, 0.1) is 31.4 Å². The molecular weight excluding hydrogens is 420 g/mol. The van der Waals surface area contributed by atoms with Gasteiger partial charge in [0.2, 0.25) is 0 Å². The van der Waals surface area contributed by atoms with Crippen molar-refractivity contribution in [1.82, 2.24) is 5.16 Å². The summed E-state index contributed by atoms with van der Waals surface area (Å²) in [6.07, 6.45) is 0. The van der Waals surface area contributed by atoms with Crippen molar-refractivity contribution >= 4 is 33.0 Å². The quantitative estimate of drug-likeness (QED) is 0.532. The van der Waals surface area contributed by atoms with Crippen LogP contribution in [0.1, 0.15) is 17.4 Å². The topological polar surface area (TPSA) is 117 Å². The van der Waals surface area contributed by atoms with Gasteiger partial charge in [0.25, 0.3) is 10.0 Å². The molecule has 2 aromatic heterocycles. The molecule has 1 aromatic carbocycles. The standard InChI is InChI=1S/C18H18N2O7S2/c1-4-26-18(21)14-10-15(27-19-14)16-5-6-17(28-16)29(22,23)20-11-7-12(24-2)9-13(8-11)25-3/h5-10,20H,4H2,1-3H3. The Labute approximate surface area is 171 Å². The summed E-state index contributed by atoms with van der Waals surface area (Å²) in [5.41, 5.74) is 0.307. The van der Waals surface area contributed by atoms with Gasteiger partial charge < -0.3 is 18.7 Å². The first-order valence-corrected chi connectivity index (χ1v) is 10.7. The van der Waals surface area contributed by atoms with Crippen LogP contribution in [0.3, 0.4) is 0 Å². The first-order valence-electron chi connectivity index (χ1n) is 8.36. The summed E-state index contributed by atoms with van der Waals surface area (Å²) in [5.74, 6) is 0.548. The fourth-order valence-electron chi connectivity index (χ4n) is 2.36. The molecule has 11 heteroatoms. The van der Waals surface area contributed by atoms with Gasteiger partial charge in [-0.25, -0.2) is 13.2 Å². The third-order valence-corrected chi connectivity index (χ3v) is 6.66. The van der Waals surface area contributed by atoms with Crippen LogP contribution >= 0.6 is 11.3 Å². The second kappa shape index (κ2) is 8.53. The zero-order valence-corrected chi connectivity index (χ0v) is 17.4. The lowest BCUT2D eigenvalue weighted by Crippen LogP contribution is -2.11. The van der Waals surface area contributed by atoms with Crippen LogP contribution < -0.4 is 14.2 Å². The molecule has 1 N–H and O–H groups in total. The number of hydrogen-bond acceptors (Lipinski definition) is 9. The van der Waals surface area contributed by atoms with Gasteiger partial charge in [-0.15, -0.1) is 11.3 Å². The van der Waals surface area contributed by atoms with Crippen LogP contribution in [0.15, 0.2) is 45.1 Å². The first-order chi connectivity index (χ1) is 13.9. The highest BCUT2D eigenvalue weighted by molar-refractivity contribution is 7.94. The Kier molecular flexibility index (Phi) is 6.09. The Morgan fingerprint density at radius 1 is 1.14 bits per heavy atom. The number of anilines is 1. The predicted molar refractivity (Wildman–Crippen MR) is 106 cm³/mol. The molecule has 0 bridgehead atoms. The number of nitrogens with one attached hydrogen (secondary N) is 1. The Balaban J connectivity index is 1.83. The molecule has 0 atom stereocenters. The molecule has 0 aliphatic heterocycles. The fourth-order valence-corrected chi connectivity index (χ4v) is 4.66. The number of carbonyl (C=O) groups excluding carboxylic acids is 1. The van der Waals surface area contributed by atoms with Crippen LogP contribution in [-0.4, -0.2) is 40.4 Å². The van der Waals surface area contributed by atoms with E-state index in [0.717, 1.165) is 11.3 Å². The van der Waals surface area contributed by atoms with Gasteiger partial charge in [-0.2, -0.15) is 0 Å². The number of carbonyl (C=O) groups is 1. The highest BCUT2D eigenvalue weighted by atomic mass is 32.2. The van der Waals surface area contributed by atoms with Crippen molar-refractivity contribution in [3.8, 4) is 22.1 Å². The highest BCUT2D eigenvalue weighted by Crippen LogP contribution is 2.33. The van der Waals surface area contributed by atoms with Crippen molar-refractivity contribution in [2.24, 2.45) is 0 Å². The van der Waals surface area contributed by atoms with Crippen molar-refractivity contribution in [3.63, 3.8) is 0 Å². The number of esters is 1. The monoisotopic (exact) mass is 438 g/mol. The number of rotatable bonds is 8. The van der Waals surface area contributed by atoms with Gasteiger partial charge in [0.15, 0.2) is 11.5 Å². The van der Waals surface area contributed by atoms with E-state index in [1.165, 1.54) is 38.5 Å². The summed E-state index contributed by atoms with van der Waals surface area (Å²) < 4.78 is 48.3. The lowest BCUT2D eigenvalue weighted by atomic mass is 10.3. The number of benzene rings is 1. The van der Waals surface area contributed by atoms with Gasteiger partial charge in [0, 0.05) is 24.3 Å². The maximum atomic E-state index is 12.7. The van der Waals surface area contributed by atoms with E-state index in [1.807, 2.05) is 0 Å². The minimum Gasteiger partial charge on any atom is -0.497 e. The number of nitrogens with zero attached hydrogens (tertiary/aromatic N) is 1. The summed E-state index contributed by atoms with van der Waals surface area (Å²) in [6, 6.07) is 9.12. The van der Waals surface area contributed by atoms with Crippen LogP contribution in [0.25, 0.3) is 10.6 Å². The van der Waals surface area contributed by atoms with Crippen LogP contribution in [0.5, 0.6) is 11.5 Å². The van der Waals surface area contributed by atoms with E-state index < -0.39 is 16.0 Å². The van der Waals surface area contributed by atoms with E-state index in [1.54, 1.807) is 19.1 Å². The Morgan fingerprint density at radius 3 is 2.45 bits per heavy atom. The van der Waals surface area contributed by atoms with E-state index >= 15 is 0 Å². The van der Waals surface area contributed by atoms with Crippen LogP contribution in [0.4, 0.5) is 5.69 Å². The van der Waals surface area contributed by atoms with Crippen molar-refractivity contribution in [2.75, 3.05) is 25.5 Å². The van der Waals surface area contributed by atoms with Crippen LogP contribution in [-0.2, 0) is 14.8 Å². The first kappa shape index (κ1) is 20.7. The minimum atomic E-state index is -3.86. The number of sulfonamides is 1. The number of thiophene rings is 1. The molecule has 0 fully saturated rings. The number of methoxy groups -OCH3 is 2. The van der Waals surface area contributed by atoms with Crippen molar-refractivity contribution in [2.45, 2.75) is 11.1 Å². The number of ether oxygens (including phenoxy) is 3. The summed E-state index contributed by atoms with van der Waals surface area (Å²) >= 11 is 0.972. The minimum absolute atomic E-state index is 0.0151. The van der Waals surface area contributed by atoms with Crippen molar-refractivity contribution in [3.05, 3.63) is 42.1 Å². The summed E-state index contributed by atoms with van der Waals surface area (Å²) in [7, 11) is -0.919. The lowest BCUT2D eigenvalue weighted by Gasteiger charge is -2.10. The SMILES string of the molecule is CCOC(=O)c1cc(-c2ccc(S(=O)(=O)Nc3cc(OC)cc(OC)c3)s2)on1. The van der Waals surface area contributed by atoms with E-state index in [-0.39, 0.29) is 22.3 Å². The molecule has 2 heterocycles. The number of hydrogen-bond donors (Lipinski definition) is 1. The average Bonchev–Trinajstić information content (AvgIpc) is 3.37. The normalized spacial score (nSPS) is 11.1. The Hall–Kier alpha value is -3.05. The molecule has 0 aliphatic carbocycles. The lowest BCUT2D eigenvalue weighted by molar-refractivity contribution is 0.0514. The predicted octanol–water partition coefficient (Wildman–Crippen LogP) is 3.40. The second-order valence-corrected chi connectivity index (χ2v) is 8.62. The molecule has 9 nitrogen and oxygen atoms in total. The molecule has 0 amide bonds. The molecule has 0 saturated heterocycles. The van der Waals surface area contributed by atoms with Gasteiger partial charge >= 0.3 is 5.97 Å². The molecule has 0 radical (unpaired) electrons. The Morgan fingerprint density at radius 2 is 1.83 bits per heavy atom. The van der Waals surface area contributed by atoms with E-state index in [0.29, 0.717) is 22.1 Å². The molecule has 0 unspecified atom stereocenters. The maximum Gasteiger partial charge on any atom is 0.360 e. The van der Waals surface area contributed by atoms with Gasteiger partial charge in [-0.05, 0) is 19.1 Å². The molecular formula is C18H18N2O7S2. The third-order valence-electron chi connectivity index (χ3n) is 3.69. The Bertz CT molecular complexity index is 1100. The second-order valence-electron chi connectivity index (χ2n) is 5.62. The van der Waals surface area contributed by atoms with Gasteiger partial charge in [-0.3, -0.25) is 4.72 Å². The van der Waals surface area contributed by atoms with Gasteiger partial charge in [-0.1, -0.05) is 5.16 Å². The maximum absolute atomic E-state index is 12.7. The molecule has 3 aromatic rings. The molecule has 0 spiro atoms. The van der Waals surface area contributed by atoms with Crippen LogP contribution in [0, 0.1) is 0 Å². The molecule has 3 rings (SSSR count). The van der Waals surface area contributed by atoms with Crippen molar-refractivity contribution in [1.29, 1.82) is 0 Å². The zero-order valence-electron chi connectivity index (χ0n) is 15.8. The summed E-state index contributed by atoms with van der Waals surface area (Å²) in [5, 5.41) is 3.65. The average molecular weight is 438 g/mol. The highest BCUT2D eigenvalue weighted by Gasteiger charge is 2.21. The summed E-state index contributed by atoms with van der Waals surface area (Å²) in [4.78, 5) is 12.2. The summed E-state index contributed by atoms with van der Waals surface area (Å²) in [6.45, 7) is 1.89.